The Labute approximate surface area is 95.1 Å². The number of aromatic nitrogens is 2. The predicted molar refractivity (Wildman–Crippen MR) is 60.1 cm³/mol. The summed E-state index contributed by atoms with van der Waals surface area (Å²) in [5, 5.41) is 0. The van der Waals surface area contributed by atoms with Crippen LogP contribution >= 0.6 is 0 Å². The van der Waals surface area contributed by atoms with Crippen LogP contribution in [0.1, 0.15) is 10.4 Å². The molecule has 0 saturated carbocycles. The van der Waals surface area contributed by atoms with Gasteiger partial charge in [0.2, 0.25) is 0 Å². The van der Waals surface area contributed by atoms with Gasteiger partial charge in [0.25, 0.3) is 0 Å². The van der Waals surface area contributed by atoms with Crippen molar-refractivity contribution in [2.45, 2.75) is 0 Å². The summed E-state index contributed by atoms with van der Waals surface area (Å²) in [6.45, 7) is 0. The minimum atomic E-state index is -0.613. The van der Waals surface area contributed by atoms with Gasteiger partial charge in [0.05, 0.1) is 0 Å². The number of halogens is 1. The number of benzene rings is 1. The monoisotopic (exact) mass is 233 g/mol. The van der Waals surface area contributed by atoms with E-state index >= 15 is 0 Å². The highest BCUT2D eigenvalue weighted by atomic mass is 19.1. The molecule has 86 valence electrons. The van der Waals surface area contributed by atoms with Crippen molar-refractivity contribution >= 4 is 12.1 Å². The normalized spacial score (nSPS) is 10.2. The molecular formula is C11H8FN3O2. The van der Waals surface area contributed by atoms with E-state index in [-0.39, 0.29) is 16.9 Å². The average molecular weight is 233 g/mol. The van der Waals surface area contributed by atoms with Crippen molar-refractivity contribution < 1.29 is 9.18 Å². The molecule has 0 radical (unpaired) electrons. The van der Waals surface area contributed by atoms with Crippen molar-refractivity contribution in [3.05, 3.63) is 46.3 Å². The van der Waals surface area contributed by atoms with Crippen LogP contribution in [0.3, 0.4) is 0 Å². The minimum Gasteiger partial charge on any atom is -0.385 e. The van der Waals surface area contributed by atoms with E-state index < -0.39 is 11.5 Å². The van der Waals surface area contributed by atoms with Crippen LogP contribution in [-0.2, 0) is 0 Å². The zero-order valence-corrected chi connectivity index (χ0v) is 8.61. The van der Waals surface area contributed by atoms with Gasteiger partial charge in [-0.25, -0.2) is 14.2 Å². The molecule has 0 aliphatic carbocycles. The van der Waals surface area contributed by atoms with Crippen LogP contribution in [0.2, 0.25) is 0 Å². The van der Waals surface area contributed by atoms with E-state index in [1.807, 2.05) is 0 Å². The van der Waals surface area contributed by atoms with E-state index in [2.05, 4.69) is 9.97 Å². The maximum atomic E-state index is 13.6. The van der Waals surface area contributed by atoms with Gasteiger partial charge in [0.15, 0.2) is 0 Å². The molecule has 0 unspecified atom stereocenters. The fraction of sp³-hybridized carbons (Fsp3) is 0. The van der Waals surface area contributed by atoms with Gasteiger partial charge in [0, 0.05) is 22.9 Å². The number of carbonyl (C=O) groups is 1. The molecule has 3 N–H and O–H groups in total. The molecule has 1 aromatic heterocycles. The molecule has 2 rings (SSSR count). The summed E-state index contributed by atoms with van der Waals surface area (Å²) in [4.78, 5) is 27.2. The topological polar surface area (TPSA) is 88.8 Å². The number of nitrogens with zero attached hydrogens (tertiary/aromatic N) is 1. The molecule has 0 saturated heterocycles. The Kier molecular flexibility index (Phi) is 2.70. The minimum absolute atomic E-state index is 0.00643. The number of anilines is 1. The number of rotatable bonds is 2. The molecule has 6 heteroatoms. The first-order valence-electron chi connectivity index (χ1n) is 4.71. The lowest BCUT2D eigenvalue weighted by Gasteiger charge is -2.06. The Hall–Kier alpha value is -2.50. The first-order chi connectivity index (χ1) is 8.11. The Morgan fingerprint density at radius 1 is 1.35 bits per heavy atom. The molecule has 0 aliphatic heterocycles. The lowest BCUT2D eigenvalue weighted by Crippen LogP contribution is -2.12. The Morgan fingerprint density at radius 3 is 2.76 bits per heavy atom. The summed E-state index contributed by atoms with van der Waals surface area (Å²) in [6.07, 6.45) is 1.76. The largest absolute Gasteiger partial charge is 0.385 e. The quantitative estimate of drug-likeness (QED) is 0.756. The molecular weight excluding hydrogens is 225 g/mol. The van der Waals surface area contributed by atoms with Gasteiger partial charge in [-0.15, -0.1) is 0 Å². The number of nitrogens with one attached hydrogen (secondary N) is 1. The number of aromatic amines is 1. The second-order valence-electron chi connectivity index (χ2n) is 3.37. The van der Waals surface area contributed by atoms with Crippen molar-refractivity contribution in [3.8, 4) is 11.1 Å². The van der Waals surface area contributed by atoms with Crippen LogP contribution in [0.4, 0.5) is 10.2 Å². The highest BCUT2D eigenvalue weighted by molar-refractivity contribution is 5.81. The van der Waals surface area contributed by atoms with E-state index in [0.29, 0.717) is 11.8 Å². The van der Waals surface area contributed by atoms with Crippen LogP contribution in [0.15, 0.2) is 29.2 Å². The highest BCUT2D eigenvalue weighted by Crippen LogP contribution is 2.25. The van der Waals surface area contributed by atoms with Gasteiger partial charge in [-0.3, -0.25) is 9.78 Å². The van der Waals surface area contributed by atoms with Gasteiger partial charge in [-0.2, -0.15) is 0 Å². The molecule has 1 aromatic carbocycles. The van der Waals surface area contributed by atoms with Crippen LogP contribution in [0, 0.1) is 5.82 Å². The molecule has 17 heavy (non-hydrogen) atoms. The second-order valence-corrected chi connectivity index (χ2v) is 3.37. The van der Waals surface area contributed by atoms with Crippen molar-refractivity contribution in [2.75, 3.05) is 5.73 Å². The molecule has 0 aliphatic rings. The van der Waals surface area contributed by atoms with Crippen LogP contribution < -0.4 is 11.4 Å². The van der Waals surface area contributed by atoms with Crippen LogP contribution in [-0.4, -0.2) is 16.3 Å². The number of aldehydes is 1. The zero-order chi connectivity index (χ0) is 12.4. The summed E-state index contributed by atoms with van der Waals surface area (Å²) < 4.78 is 13.6. The van der Waals surface area contributed by atoms with Crippen molar-refractivity contribution in [1.82, 2.24) is 9.97 Å². The third-order valence-electron chi connectivity index (χ3n) is 2.26. The summed E-state index contributed by atoms with van der Waals surface area (Å²) in [6, 6.07) is 3.85. The van der Waals surface area contributed by atoms with E-state index in [1.54, 1.807) is 0 Å². The zero-order valence-electron chi connectivity index (χ0n) is 8.61. The second kappa shape index (κ2) is 4.17. The van der Waals surface area contributed by atoms with Gasteiger partial charge in [0.1, 0.15) is 17.9 Å². The molecule has 5 nitrogen and oxygen atoms in total. The Morgan fingerprint density at radius 2 is 2.12 bits per heavy atom. The number of carbonyl (C=O) groups excluding carboxylic acids is 1. The van der Waals surface area contributed by atoms with E-state index in [9.17, 15) is 14.0 Å². The van der Waals surface area contributed by atoms with Gasteiger partial charge in [-0.1, -0.05) is 0 Å². The average Bonchev–Trinajstić information content (AvgIpc) is 2.30. The maximum absolute atomic E-state index is 13.6. The number of hydrogen-bond donors (Lipinski definition) is 2. The Balaban J connectivity index is 2.67. The number of nitrogen functional groups attached to an aromatic ring is 1. The smallest absolute Gasteiger partial charge is 0.346 e. The first kappa shape index (κ1) is 11.0. The third-order valence-corrected chi connectivity index (χ3v) is 2.26. The lowest BCUT2D eigenvalue weighted by molar-refractivity contribution is 0.112. The van der Waals surface area contributed by atoms with Crippen LogP contribution in [0.5, 0.6) is 0 Å². The van der Waals surface area contributed by atoms with E-state index in [4.69, 9.17) is 5.73 Å². The number of hydrogen-bond acceptors (Lipinski definition) is 4. The van der Waals surface area contributed by atoms with E-state index in [0.717, 1.165) is 6.07 Å². The molecule has 0 fully saturated rings. The summed E-state index contributed by atoms with van der Waals surface area (Å²) in [7, 11) is 0. The lowest BCUT2D eigenvalue weighted by atomic mass is 10.0. The summed E-state index contributed by atoms with van der Waals surface area (Å²) in [5.74, 6) is -0.539. The molecule has 0 atom stereocenters. The van der Waals surface area contributed by atoms with Crippen molar-refractivity contribution in [3.63, 3.8) is 0 Å². The highest BCUT2D eigenvalue weighted by Gasteiger charge is 2.10. The summed E-state index contributed by atoms with van der Waals surface area (Å²) >= 11 is 0. The van der Waals surface area contributed by atoms with Crippen molar-refractivity contribution in [2.24, 2.45) is 0 Å². The fourth-order valence-electron chi connectivity index (χ4n) is 1.44. The molecule has 2 aromatic rings. The SMILES string of the molecule is Nc1[nH]c(=O)ncc1-c1cc(C=O)ccc1F. The fourth-order valence-corrected chi connectivity index (χ4v) is 1.44. The molecule has 0 spiro atoms. The van der Waals surface area contributed by atoms with Gasteiger partial charge in [-0.05, 0) is 18.2 Å². The molecule has 0 amide bonds. The first-order valence-corrected chi connectivity index (χ1v) is 4.71. The predicted octanol–water partition coefficient (Wildman–Crippen LogP) is 0.971. The van der Waals surface area contributed by atoms with Gasteiger partial charge < -0.3 is 5.73 Å². The maximum Gasteiger partial charge on any atom is 0.346 e. The van der Waals surface area contributed by atoms with Crippen LogP contribution in [0.25, 0.3) is 11.1 Å². The molecule has 1 heterocycles. The number of nitrogens with two attached hydrogens (primary N) is 1. The van der Waals surface area contributed by atoms with E-state index in [1.165, 1.54) is 18.3 Å². The van der Waals surface area contributed by atoms with Gasteiger partial charge >= 0.3 is 5.69 Å². The summed E-state index contributed by atoms with van der Waals surface area (Å²) in [5.41, 5.74) is 5.63. The molecule has 0 bridgehead atoms. The third kappa shape index (κ3) is 2.05. The van der Waals surface area contributed by atoms with Crippen molar-refractivity contribution in [1.29, 1.82) is 0 Å². The Bertz CT molecular complexity index is 637. The number of H-pyrrole nitrogens is 1. The standard InChI is InChI=1S/C11H8FN3O2/c12-9-2-1-6(5-16)3-7(9)8-4-14-11(17)15-10(8)13/h1-5H,(H3,13,14,15,17).